The van der Waals surface area contributed by atoms with Gasteiger partial charge in [0.05, 0.1) is 13.2 Å². The summed E-state index contributed by atoms with van der Waals surface area (Å²) in [4.78, 5) is 15.2. The van der Waals surface area contributed by atoms with Crippen LogP contribution in [0.25, 0.3) is 16.7 Å². The Morgan fingerprint density at radius 1 is 0.917 bits per heavy atom. The first-order chi connectivity index (χ1) is 17.6. The second-order valence-electron chi connectivity index (χ2n) is 9.70. The lowest BCUT2D eigenvalue weighted by atomic mass is 9.83. The maximum Gasteiger partial charge on any atom is 0.410 e. The van der Waals surface area contributed by atoms with Crippen LogP contribution in [0.2, 0.25) is 0 Å². The van der Waals surface area contributed by atoms with Crippen molar-refractivity contribution in [2.24, 2.45) is 0 Å². The van der Waals surface area contributed by atoms with Gasteiger partial charge in [0.15, 0.2) is 11.6 Å². The Bertz CT molecular complexity index is 1320. The third-order valence-corrected chi connectivity index (χ3v) is 7.80. The minimum atomic E-state index is -0.986. The molecule has 6 rings (SSSR count). The van der Waals surface area contributed by atoms with Gasteiger partial charge in [-0.05, 0) is 65.6 Å². The van der Waals surface area contributed by atoms with Crippen LogP contribution in [0, 0.1) is 11.6 Å². The van der Waals surface area contributed by atoms with Crippen molar-refractivity contribution in [1.82, 2.24) is 4.90 Å². The quantitative estimate of drug-likeness (QED) is 0.400. The minimum absolute atomic E-state index is 0.00606. The third-order valence-electron chi connectivity index (χ3n) is 7.80. The normalized spacial score (nSPS) is 20.4. The lowest BCUT2D eigenvalue weighted by molar-refractivity contribution is 0.0538. The fourth-order valence-electron chi connectivity index (χ4n) is 6.12. The lowest BCUT2D eigenvalue weighted by Crippen LogP contribution is -2.52. The molecule has 2 bridgehead atoms. The topological polar surface area (TPSA) is 38.8 Å². The molecule has 184 valence electrons. The van der Waals surface area contributed by atoms with E-state index in [2.05, 4.69) is 24.3 Å². The molecule has 36 heavy (non-hydrogen) atoms. The van der Waals surface area contributed by atoms with Crippen molar-refractivity contribution in [3.05, 3.63) is 95.1 Å². The van der Waals surface area contributed by atoms with Crippen LogP contribution in [0.1, 0.15) is 48.3 Å². The van der Waals surface area contributed by atoms with Crippen LogP contribution in [0.15, 0.2) is 66.7 Å². The average molecular weight is 488 g/mol. The van der Waals surface area contributed by atoms with E-state index in [-0.39, 0.29) is 42.0 Å². The van der Waals surface area contributed by atoms with E-state index in [1.165, 1.54) is 35.4 Å². The fraction of sp³-hybridized carbons (Fsp3) is 0.300. The summed E-state index contributed by atoms with van der Waals surface area (Å²) >= 11 is 0. The van der Waals surface area contributed by atoms with Gasteiger partial charge in [-0.25, -0.2) is 9.18 Å². The number of fused-ring (bicyclic) bond motifs is 5. The lowest BCUT2D eigenvalue weighted by Gasteiger charge is -2.44. The van der Waals surface area contributed by atoms with Gasteiger partial charge in [0.2, 0.25) is 5.82 Å². The molecule has 1 amide bonds. The Morgan fingerprint density at radius 2 is 1.61 bits per heavy atom. The number of carbonyl (C=O) groups is 1. The number of carbonyl (C=O) groups excluding carboxylic acids is 1. The fourth-order valence-corrected chi connectivity index (χ4v) is 6.12. The number of methoxy groups -OCH3 is 1. The van der Waals surface area contributed by atoms with Gasteiger partial charge in [0.25, 0.3) is 0 Å². The molecule has 2 heterocycles. The summed E-state index contributed by atoms with van der Waals surface area (Å²) in [7, 11) is 1.31. The zero-order chi connectivity index (χ0) is 24.8. The maximum atomic E-state index is 14.8. The SMILES string of the molecule is COc1ccc(C2=CC3CCCC(C2)N3C(=O)OCC2c3ccccc3-c3ccccc32)c(F)c1F. The van der Waals surface area contributed by atoms with Crippen LogP contribution in [0.3, 0.4) is 0 Å². The summed E-state index contributed by atoms with van der Waals surface area (Å²) in [6.45, 7) is 0.262. The number of rotatable bonds is 4. The van der Waals surface area contributed by atoms with Gasteiger partial charge >= 0.3 is 6.09 Å². The Morgan fingerprint density at radius 3 is 2.28 bits per heavy atom. The number of benzene rings is 3. The van der Waals surface area contributed by atoms with Crippen LogP contribution >= 0.6 is 0 Å². The Balaban J connectivity index is 1.23. The third kappa shape index (κ3) is 3.67. The molecule has 1 saturated heterocycles. The molecule has 2 atom stereocenters. The predicted octanol–water partition coefficient (Wildman–Crippen LogP) is 6.93. The highest BCUT2D eigenvalue weighted by atomic mass is 19.2. The van der Waals surface area contributed by atoms with E-state index in [9.17, 15) is 13.6 Å². The van der Waals surface area contributed by atoms with Gasteiger partial charge < -0.3 is 9.47 Å². The van der Waals surface area contributed by atoms with E-state index in [4.69, 9.17) is 9.47 Å². The molecule has 0 radical (unpaired) electrons. The molecule has 0 aromatic heterocycles. The van der Waals surface area contributed by atoms with Crippen molar-refractivity contribution in [2.45, 2.75) is 43.7 Å². The van der Waals surface area contributed by atoms with Crippen molar-refractivity contribution in [3.63, 3.8) is 0 Å². The number of ether oxygens (including phenoxy) is 2. The van der Waals surface area contributed by atoms with Crippen molar-refractivity contribution < 1.29 is 23.0 Å². The van der Waals surface area contributed by atoms with E-state index in [0.717, 1.165) is 24.8 Å². The number of hydrogen-bond acceptors (Lipinski definition) is 3. The summed E-state index contributed by atoms with van der Waals surface area (Å²) in [6, 6.07) is 19.2. The van der Waals surface area contributed by atoms with Crippen molar-refractivity contribution in [3.8, 4) is 16.9 Å². The number of piperidine rings is 1. The maximum absolute atomic E-state index is 14.8. The van der Waals surface area contributed by atoms with Crippen molar-refractivity contribution >= 4 is 11.7 Å². The minimum Gasteiger partial charge on any atom is -0.494 e. The molecule has 4 nitrogen and oxygen atoms in total. The zero-order valence-corrected chi connectivity index (χ0v) is 20.0. The average Bonchev–Trinajstić information content (AvgIpc) is 3.22. The molecule has 3 aliphatic rings. The second kappa shape index (κ2) is 9.08. The van der Waals surface area contributed by atoms with E-state index < -0.39 is 11.6 Å². The number of nitrogens with zero attached hydrogens (tertiary/aromatic N) is 1. The molecule has 2 unspecified atom stereocenters. The molecule has 2 aliphatic heterocycles. The number of amides is 1. The predicted molar refractivity (Wildman–Crippen MR) is 134 cm³/mol. The van der Waals surface area contributed by atoms with Crippen LogP contribution in [0.4, 0.5) is 13.6 Å². The van der Waals surface area contributed by atoms with Crippen LogP contribution in [-0.2, 0) is 4.74 Å². The highest BCUT2D eigenvalue weighted by Gasteiger charge is 2.39. The van der Waals surface area contributed by atoms with Gasteiger partial charge in [-0.1, -0.05) is 54.6 Å². The molecular formula is C30H27F2NO3. The van der Waals surface area contributed by atoms with Gasteiger partial charge in [-0.2, -0.15) is 4.39 Å². The molecule has 0 saturated carbocycles. The number of halogens is 2. The van der Waals surface area contributed by atoms with Crippen LogP contribution in [0.5, 0.6) is 5.75 Å². The highest BCUT2D eigenvalue weighted by molar-refractivity contribution is 5.79. The molecule has 0 spiro atoms. The van der Waals surface area contributed by atoms with E-state index in [0.29, 0.717) is 6.42 Å². The van der Waals surface area contributed by atoms with Crippen molar-refractivity contribution in [2.75, 3.05) is 13.7 Å². The first-order valence-electron chi connectivity index (χ1n) is 12.4. The standard InChI is InChI=1S/C30H27F2NO3/c1-35-27-14-13-21(28(31)29(27)32)18-15-19-7-6-8-20(16-18)33(19)30(34)36-17-26-24-11-4-2-9-22(24)23-10-3-5-12-25(23)26/h2-5,9-15,19-20,26H,6-8,16-17H2,1H3. The van der Waals surface area contributed by atoms with Crippen LogP contribution < -0.4 is 4.74 Å². The Hall–Kier alpha value is -3.67. The summed E-state index contributed by atoms with van der Waals surface area (Å²) in [5.41, 5.74) is 5.67. The summed E-state index contributed by atoms with van der Waals surface area (Å²) in [5, 5.41) is 0. The summed E-state index contributed by atoms with van der Waals surface area (Å²) < 4.78 is 40.0. The molecule has 3 aromatic carbocycles. The van der Waals surface area contributed by atoms with Gasteiger partial charge in [-0.15, -0.1) is 0 Å². The van der Waals surface area contributed by atoms with E-state index >= 15 is 0 Å². The number of hydrogen-bond donors (Lipinski definition) is 0. The molecule has 1 aliphatic carbocycles. The second-order valence-corrected chi connectivity index (χ2v) is 9.70. The Labute approximate surface area is 209 Å². The van der Waals surface area contributed by atoms with Crippen molar-refractivity contribution in [1.29, 1.82) is 0 Å². The van der Waals surface area contributed by atoms with Crippen LogP contribution in [-0.4, -0.2) is 36.8 Å². The summed E-state index contributed by atoms with van der Waals surface area (Å²) in [5.74, 6) is -2.02. The highest BCUT2D eigenvalue weighted by Crippen LogP contribution is 2.45. The molecule has 6 heteroatoms. The molecular weight excluding hydrogens is 460 g/mol. The van der Waals surface area contributed by atoms with E-state index in [1.807, 2.05) is 30.3 Å². The Kier molecular flexibility index (Phi) is 5.75. The first-order valence-corrected chi connectivity index (χ1v) is 12.4. The molecule has 3 aromatic rings. The molecule has 0 N–H and O–H groups in total. The molecule has 1 fully saturated rings. The van der Waals surface area contributed by atoms with Gasteiger partial charge in [0, 0.05) is 17.5 Å². The zero-order valence-electron chi connectivity index (χ0n) is 20.0. The smallest absolute Gasteiger partial charge is 0.410 e. The van der Waals surface area contributed by atoms with Gasteiger partial charge in [-0.3, -0.25) is 4.90 Å². The van der Waals surface area contributed by atoms with E-state index in [1.54, 1.807) is 11.0 Å². The van der Waals surface area contributed by atoms with Gasteiger partial charge in [0.1, 0.15) is 6.61 Å². The first kappa shape index (κ1) is 22.8. The largest absolute Gasteiger partial charge is 0.494 e. The summed E-state index contributed by atoms with van der Waals surface area (Å²) in [6.07, 6.45) is 4.57. The monoisotopic (exact) mass is 487 g/mol.